The van der Waals surface area contributed by atoms with Crippen molar-refractivity contribution in [2.45, 2.75) is 12.8 Å². The standard InChI is InChI=1S/C18H16/c1-4-13-14(5-2)17-11-10-12(3)18(17)16-9-7-6-8-15(13)16/h4-12H,1-2H2,3H3. The maximum Gasteiger partial charge on any atom is 0.000522 e. The van der Waals surface area contributed by atoms with Gasteiger partial charge in [0.15, 0.2) is 0 Å². The molecule has 0 aromatic heterocycles. The van der Waals surface area contributed by atoms with Crippen molar-refractivity contribution in [3.8, 4) is 0 Å². The number of benzene rings is 2. The Bertz CT molecular complexity index is 687. The molecule has 2 aromatic rings. The minimum Gasteiger partial charge on any atom is -0.0984 e. The van der Waals surface area contributed by atoms with Crippen molar-refractivity contribution in [2.24, 2.45) is 0 Å². The summed E-state index contributed by atoms with van der Waals surface area (Å²) in [6.45, 7) is 10.2. The van der Waals surface area contributed by atoms with Crippen molar-refractivity contribution in [3.05, 3.63) is 65.8 Å². The molecule has 88 valence electrons. The summed E-state index contributed by atoms with van der Waals surface area (Å²) in [6, 6.07) is 8.57. The first kappa shape index (κ1) is 11.0. The molecule has 1 aliphatic rings. The second-order valence-electron chi connectivity index (χ2n) is 4.76. The van der Waals surface area contributed by atoms with Crippen LogP contribution in [-0.2, 0) is 0 Å². The molecular formula is C18H16. The highest BCUT2D eigenvalue weighted by molar-refractivity contribution is 6.01. The van der Waals surface area contributed by atoms with Gasteiger partial charge in [-0.25, -0.2) is 0 Å². The molecule has 0 spiro atoms. The smallest absolute Gasteiger partial charge is 0.000522 e. The SMILES string of the molecule is C=Cc1c2c(c3ccccc3c1C=C)C(C)C=C2. The maximum absolute atomic E-state index is 3.97. The summed E-state index contributed by atoms with van der Waals surface area (Å²) in [5.74, 6) is 0.475. The summed E-state index contributed by atoms with van der Waals surface area (Å²) >= 11 is 0. The van der Waals surface area contributed by atoms with Crippen LogP contribution in [0, 0.1) is 0 Å². The van der Waals surface area contributed by atoms with E-state index >= 15 is 0 Å². The third-order valence-electron chi connectivity index (χ3n) is 3.79. The predicted octanol–water partition coefficient (Wildman–Crippen LogP) is 5.26. The Kier molecular flexibility index (Phi) is 2.45. The van der Waals surface area contributed by atoms with E-state index in [0.717, 1.165) is 0 Å². The van der Waals surface area contributed by atoms with Gasteiger partial charge in [-0.2, -0.15) is 0 Å². The summed E-state index contributed by atoms with van der Waals surface area (Å²) < 4.78 is 0. The topological polar surface area (TPSA) is 0 Å². The Morgan fingerprint density at radius 3 is 2.33 bits per heavy atom. The van der Waals surface area contributed by atoms with Crippen LogP contribution in [0.2, 0.25) is 0 Å². The average molecular weight is 232 g/mol. The van der Waals surface area contributed by atoms with E-state index in [1.165, 1.54) is 33.0 Å². The van der Waals surface area contributed by atoms with Crippen LogP contribution >= 0.6 is 0 Å². The number of rotatable bonds is 2. The molecule has 0 N–H and O–H groups in total. The Labute approximate surface area is 108 Å². The fourth-order valence-corrected chi connectivity index (χ4v) is 2.98. The highest BCUT2D eigenvalue weighted by Gasteiger charge is 2.21. The van der Waals surface area contributed by atoms with Crippen molar-refractivity contribution < 1.29 is 0 Å². The highest BCUT2D eigenvalue weighted by atomic mass is 14.2. The van der Waals surface area contributed by atoms with E-state index in [9.17, 15) is 0 Å². The number of allylic oxidation sites excluding steroid dienone is 1. The van der Waals surface area contributed by atoms with Gasteiger partial charge < -0.3 is 0 Å². The highest BCUT2D eigenvalue weighted by Crippen LogP contribution is 2.41. The van der Waals surface area contributed by atoms with Gasteiger partial charge in [0, 0.05) is 5.92 Å². The first-order valence-corrected chi connectivity index (χ1v) is 6.29. The van der Waals surface area contributed by atoms with Crippen molar-refractivity contribution in [2.75, 3.05) is 0 Å². The van der Waals surface area contributed by atoms with Crippen LogP contribution in [0.1, 0.15) is 35.1 Å². The van der Waals surface area contributed by atoms with E-state index in [2.05, 4.69) is 56.5 Å². The lowest BCUT2D eigenvalue weighted by molar-refractivity contribution is 1.00. The van der Waals surface area contributed by atoms with E-state index in [1.807, 2.05) is 12.2 Å². The Morgan fingerprint density at radius 1 is 1.00 bits per heavy atom. The van der Waals surface area contributed by atoms with E-state index in [-0.39, 0.29) is 0 Å². The van der Waals surface area contributed by atoms with Gasteiger partial charge in [-0.1, -0.05) is 68.7 Å². The molecule has 1 unspecified atom stereocenters. The zero-order valence-electron chi connectivity index (χ0n) is 10.6. The molecule has 0 aliphatic heterocycles. The van der Waals surface area contributed by atoms with Gasteiger partial charge in [-0.05, 0) is 33.0 Å². The van der Waals surface area contributed by atoms with Crippen LogP contribution < -0.4 is 0 Å². The molecule has 1 atom stereocenters. The summed E-state index contributed by atoms with van der Waals surface area (Å²) in [7, 11) is 0. The van der Waals surface area contributed by atoms with Crippen LogP contribution in [0.3, 0.4) is 0 Å². The lowest BCUT2D eigenvalue weighted by atomic mass is 9.87. The average Bonchev–Trinajstić information content (AvgIpc) is 2.79. The van der Waals surface area contributed by atoms with Gasteiger partial charge in [0.2, 0.25) is 0 Å². The lowest BCUT2D eigenvalue weighted by Crippen LogP contribution is -1.96. The molecule has 0 saturated carbocycles. The molecule has 1 aliphatic carbocycles. The first-order valence-electron chi connectivity index (χ1n) is 6.29. The number of fused-ring (bicyclic) bond motifs is 3. The molecule has 0 saturated heterocycles. The molecule has 0 heteroatoms. The van der Waals surface area contributed by atoms with Crippen LogP contribution in [0.5, 0.6) is 0 Å². The Morgan fingerprint density at radius 2 is 1.67 bits per heavy atom. The lowest BCUT2D eigenvalue weighted by Gasteiger charge is -2.16. The molecular weight excluding hydrogens is 216 g/mol. The minimum absolute atomic E-state index is 0.475. The molecule has 0 amide bonds. The third kappa shape index (κ3) is 1.32. The molecule has 3 rings (SSSR count). The Hall–Kier alpha value is -2.08. The van der Waals surface area contributed by atoms with Crippen LogP contribution in [0.15, 0.2) is 43.5 Å². The first-order chi connectivity index (χ1) is 8.77. The largest absolute Gasteiger partial charge is 0.0984 e. The zero-order valence-corrected chi connectivity index (χ0v) is 10.6. The van der Waals surface area contributed by atoms with E-state index < -0.39 is 0 Å². The molecule has 2 aromatic carbocycles. The van der Waals surface area contributed by atoms with Crippen molar-refractivity contribution in [1.82, 2.24) is 0 Å². The van der Waals surface area contributed by atoms with Gasteiger partial charge in [0.1, 0.15) is 0 Å². The van der Waals surface area contributed by atoms with Crippen molar-refractivity contribution in [1.29, 1.82) is 0 Å². The summed E-state index contributed by atoms with van der Waals surface area (Å²) in [6.07, 6.45) is 8.37. The van der Waals surface area contributed by atoms with Gasteiger partial charge in [0.05, 0.1) is 0 Å². The fourth-order valence-electron chi connectivity index (χ4n) is 2.98. The predicted molar refractivity (Wildman–Crippen MR) is 81.6 cm³/mol. The molecule has 0 fully saturated rings. The quantitative estimate of drug-likeness (QED) is 0.662. The number of hydrogen-bond acceptors (Lipinski definition) is 0. The second-order valence-corrected chi connectivity index (χ2v) is 4.76. The Balaban J connectivity index is 2.57. The summed E-state index contributed by atoms with van der Waals surface area (Å²) in [5, 5.41) is 2.61. The second kappa shape index (κ2) is 3.99. The van der Waals surface area contributed by atoms with E-state index in [4.69, 9.17) is 0 Å². The maximum atomic E-state index is 3.97. The van der Waals surface area contributed by atoms with E-state index in [0.29, 0.717) is 5.92 Å². The van der Waals surface area contributed by atoms with Gasteiger partial charge in [-0.3, -0.25) is 0 Å². The summed E-state index contributed by atoms with van der Waals surface area (Å²) in [5.41, 5.74) is 5.13. The van der Waals surface area contributed by atoms with Crippen LogP contribution in [0.25, 0.3) is 29.0 Å². The molecule has 0 heterocycles. The van der Waals surface area contributed by atoms with Gasteiger partial charge in [-0.15, -0.1) is 0 Å². The van der Waals surface area contributed by atoms with Crippen LogP contribution in [-0.4, -0.2) is 0 Å². The molecule has 0 nitrogen and oxygen atoms in total. The van der Waals surface area contributed by atoms with Gasteiger partial charge >= 0.3 is 0 Å². The third-order valence-corrected chi connectivity index (χ3v) is 3.79. The normalized spacial score (nSPS) is 16.8. The van der Waals surface area contributed by atoms with Crippen LogP contribution in [0.4, 0.5) is 0 Å². The minimum atomic E-state index is 0.475. The monoisotopic (exact) mass is 232 g/mol. The fraction of sp³-hybridized carbons (Fsp3) is 0.111. The van der Waals surface area contributed by atoms with E-state index in [1.54, 1.807) is 0 Å². The van der Waals surface area contributed by atoms with Crippen molar-refractivity contribution in [3.63, 3.8) is 0 Å². The molecule has 0 bridgehead atoms. The molecule has 18 heavy (non-hydrogen) atoms. The molecule has 0 radical (unpaired) electrons. The van der Waals surface area contributed by atoms with Crippen molar-refractivity contribution >= 4 is 29.0 Å². The summed E-state index contributed by atoms with van der Waals surface area (Å²) in [4.78, 5) is 0. The zero-order chi connectivity index (χ0) is 12.7. The van der Waals surface area contributed by atoms with Gasteiger partial charge in [0.25, 0.3) is 0 Å². The number of hydrogen-bond donors (Lipinski definition) is 0.